The Labute approximate surface area is 197 Å². The van der Waals surface area contributed by atoms with Gasteiger partial charge in [-0.15, -0.1) is 0 Å². The van der Waals surface area contributed by atoms with Gasteiger partial charge in [0, 0.05) is 11.9 Å². The Kier molecular flexibility index (Phi) is 6.89. The average molecular weight is 459 g/mol. The van der Waals surface area contributed by atoms with Crippen molar-refractivity contribution in [2.24, 2.45) is 0 Å². The molecule has 0 aliphatic heterocycles. The van der Waals surface area contributed by atoms with Gasteiger partial charge in [0.1, 0.15) is 5.82 Å². The third-order valence-electron chi connectivity index (χ3n) is 5.47. The number of para-hydroxylation sites is 2. The van der Waals surface area contributed by atoms with E-state index >= 15 is 0 Å². The van der Waals surface area contributed by atoms with Crippen LogP contribution in [0.1, 0.15) is 30.5 Å². The summed E-state index contributed by atoms with van der Waals surface area (Å²) in [6.45, 7) is 6.09. The minimum atomic E-state index is -0.204. The van der Waals surface area contributed by atoms with Crippen molar-refractivity contribution in [3.8, 4) is 5.82 Å². The number of thioether (sulfide) groups is 1. The van der Waals surface area contributed by atoms with E-state index in [0.717, 1.165) is 35.2 Å². The average Bonchev–Trinajstić information content (AvgIpc) is 2.84. The molecule has 0 saturated carbocycles. The van der Waals surface area contributed by atoms with Crippen LogP contribution in [0.25, 0.3) is 16.7 Å². The highest BCUT2D eigenvalue weighted by atomic mass is 32.2. The summed E-state index contributed by atoms with van der Waals surface area (Å²) in [7, 11) is 0. The number of nitrogens with one attached hydrogen (secondary N) is 1. The zero-order chi connectivity index (χ0) is 23.4. The van der Waals surface area contributed by atoms with Crippen molar-refractivity contribution in [1.82, 2.24) is 14.5 Å². The first kappa shape index (κ1) is 22.7. The molecule has 0 unspecified atom stereocenters. The minimum absolute atomic E-state index is 0.123. The highest BCUT2D eigenvalue weighted by Crippen LogP contribution is 2.24. The van der Waals surface area contributed by atoms with Crippen LogP contribution in [-0.2, 0) is 17.6 Å². The van der Waals surface area contributed by atoms with Crippen LogP contribution in [-0.4, -0.2) is 26.2 Å². The topological polar surface area (TPSA) is 76.9 Å². The molecular weight excluding hydrogens is 432 g/mol. The Morgan fingerprint density at radius 3 is 2.39 bits per heavy atom. The Bertz CT molecular complexity index is 1340. The lowest BCUT2D eigenvalue weighted by atomic mass is 10.0. The second-order valence-electron chi connectivity index (χ2n) is 7.74. The number of aryl methyl sites for hydroxylation is 3. The minimum Gasteiger partial charge on any atom is -0.325 e. The maximum atomic E-state index is 13.3. The summed E-state index contributed by atoms with van der Waals surface area (Å²) < 4.78 is 1.48. The fraction of sp³-hybridized carbons (Fsp3) is 0.231. The first-order valence-electron chi connectivity index (χ1n) is 11.0. The van der Waals surface area contributed by atoms with E-state index in [1.807, 2.05) is 43.3 Å². The van der Waals surface area contributed by atoms with Crippen LogP contribution in [0.4, 0.5) is 5.69 Å². The Morgan fingerprint density at radius 1 is 1.00 bits per heavy atom. The number of rotatable bonds is 7. The van der Waals surface area contributed by atoms with Crippen molar-refractivity contribution >= 4 is 34.3 Å². The number of benzene rings is 2. The highest BCUT2D eigenvalue weighted by molar-refractivity contribution is 7.99. The van der Waals surface area contributed by atoms with Gasteiger partial charge in [0.2, 0.25) is 5.91 Å². The fourth-order valence-electron chi connectivity index (χ4n) is 3.71. The Hall–Kier alpha value is -3.45. The second-order valence-corrected chi connectivity index (χ2v) is 8.68. The lowest BCUT2D eigenvalue weighted by Gasteiger charge is -2.15. The Balaban J connectivity index is 1.66. The molecule has 1 amide bonds. The van der Waals surface area contributed by atoms with Crippen molar-refractivity contribution in [3.05, 3.63) is 87.8 Å². The molecule has 0 radical (unpaired) electrons. The zero-order valence-electron chi connectivity index (χ0n) is 19.0. The maximum absolute atomic E-state index is 13.3. The molecule has 0 spiro atoms. The molecule has 168 valence electrons. The van der Waals surface area contributed by atoms with E-state index in [9.17, 15) is 9.59 Å². The smallest absolute Gasteiger partial charge is 0.267 e. The third-order valence-corrected chi connectivity index (χ3v) is 6.40. The van der Waals surface area contributed by atoms with Crippen LogP contribution in [0.15, 0.2) is 70.7 Å². The van der Waals surface area contributed by atoms with E-state index < -0.39 is 0 Å². The number of hydrogen-bond acceptors (Lipinski definition) is 5. The molecule has 0 saturated heterocycles. The first-order valence-corrected chi connectivity index (χ1v) is 12.0. The number of carbonyl (C=O) groups is 1. The first-order chi connectivity index (χ1) is 16.0. The van der Waals surface area contributed by atoms with Gasteiger partial charge in [-0.25, -0.2) is 14.5 Å². The standard InChI is InChI=1S/C26H26N4O2S/c1-4-18-9-8-10-19(5-2)24(18)29-23(31)16-33-26-28-21-12-7-6-11-20(21)25(32)30(26)22-14-13-17(3)15-27-22/h6-15H,4-5,16H2,1-3H3,(H,29,31). The highest BCUT2D eigenvalue weighted by Gasteiger charge is 2.16. The number of carbonyl (C=O) groups excluding carboxylic acids is 1. The van der Waals surface area contributed by atoms with Crippen LogP contribution in [0, 0.1) is 6.92 Å². The molecule has 6 nitrogen and oxygen atoms in total. The summed E-state index contributed by atoms with van der Waals surface area (Å²) in [5.41, 5.74) is 4.49. The molecule has 4 aromatic rings. The number of hydrogen-bond donors (Lipinski definition) is 1. The maximum Gasteiger partial charge on any atom is 0.267 e. The number of anilines is 1. The number of amides is 1. The van der Waals surface area contributed by atoms with Crippen LogP contribution in [0.5, 0.6) is 0 Å². The SMILES string of the molecule is CCc1cccc(CC)c1NC(=O)CSc1nc2ccccc2c(=O)n1-c1ccc(C)cn1. The molecule has 1 N–H and O–H groups in total. The van der Waals surface area contributed by atoms with Crippen LogP contribution >= 0.6 is 11.8 Å². The van der Waals surface area contributed by atoms with Crippen molar-refractivity contribution in [2.75, 3.05) is 11.1 Å². The Morgan fingerprint density at radius 2 is 1.73 bits per heavy atom. The third kappa shape index (κ3) is 4.83. The molecular formula is C26H26N4O2S. The number of fused-ring (bicyclic) bond motifs is 1. The van der Waals surface area contributed by atoms with Gasteiger partial charge in [0.05, 0.1) is 16.7 Å². The molecule has 2 aromatic carbocycles. The van der Waals surface area contributed by atoms with Gasteiger partial charge in [-0.1, -0.05) is 62.0 Å². The van der Waals surface area contributed by atoms with E-state index in [-0.39, 0.29) is 17.2 Å². The molecule has 0 aliphatic carbocycles. The van der Waals surface area contributed by atoms with Crippen molar-refractivity contribution in [1.29, 1.82) is 0 Å². The van der Waals surface area contributed by atoms with E-state index in [2.05, 4.69) is 29.1 Å². The summed E-state index contributed by atoms with van der Waals surface area (Å²) in [6.07, 6.45) is 3.38. The molecule has 33 heavy (non-hydrogen) atoms. The van der Waals surface area contributed by atoms with E-state index in [1.54, 1.807) is 24.4 Å². The van der Waals surface area contributed by atoms with Gasteiger partial charge in [-0.2, -0.15) is 0 Å². The monoisotopic (exact) mass is 458 g/mol. The largest absolute Gasteiger partial charge is 0.325 e. The number of pyridine rings is 1. The summed E-state index contributed by atoms with van der Waals surface area (Å²) in [5.74, 6) is 0.468. The van der Waals surface area contributed by atoms with Gasteiger partial charge < -0.3 is 5.32 Å². The van der Waals surface area contributed by atoms with Gasteiger partial charge in [-0.05, 0) is 54.7 Å². The second kappa shape index (κ2) is 10.0. The van der Waals surface area contributed by atoms with Crippen LogP contribution in [0.2, 0.25) is 0 Å². The van der Waals surface area contributed by atoms with E-state index in [4.69, 9.17) is 0 Å². The van der Waals surface area contributed by atoms with Gasteiger partial charge >= 0.3 is 0 Å². The van der Waals surface area contributed by atoms with Crippen LogP contribution < -0.4 is 10.9 Å². The number of aromatic nitrogens is 3. The lowest BCUT2D eigenvalue weighted by molar-refractivity contribution is -0.113. The molecule has 0 aliphatic rings. The molecule has 2 heterocycles. The molecule has 0 atom stereocenters. The normalized spacial score (nSPS) is 11.0. The van der Waals surface area contributed by atoms with Crippen molar-refractivity contribution < 1.29 is 4.79 Å². The van der Waals surface area contributed by atoms with Gasteiger partial charge in [-0.3, -0.25) is 9.59 Å². The van der Waals surface area contributed by atoms with E-state index in [0.29, 0.717) is 21.9 Å². The summed E-state index contributed by atoms with van der Waals surface area (Å²) in [4.78, 5) is 35.3. The van der Waals surface area contributed by atoms with Crippen molar-refractivity contribution in [2.45, 2.75) is 38.8 Å². The zero-order valence-corrected chi connectivity index (χ0v) is 19.8. The van der Waals surface area contributed by atoms with Crippen molar-refractivity contribution in [3.63, 3.8) is 0 Å². The molecule has 4 rings (SSSR count). The molecule has 0 bridgehead atoms. The van der Waals surface area contributed by atoms with Gasteiger partial charge in [0.25, 0.3) is 5.56 Å². The fourth-order valence-corrected chi connectivity index (χ4v) is 4.51. The molecule has 7 heteroatoms. The number of nitrogens with zero attached hydrogens (tertiary/aromatic N) is 3. The predicted octanol–water partition coefficient (Wildman–Crippen LogP) is 4.94. The summed E-state index contributed by atoms with van der Waals surface area (Å²) in [5, 5.41) is 4.03. The lowest BCUT2D eigenvalue weighted by Crippen LogP contribution is -2.24. The predicted molar refractivity (Wildman–Crippen MR) is 134 cm³/mol. The van der Waals surface area contributed by atoms with E-state index in [1.165, 1.54) is 16.3 Å². The van der Waals surface area contributed by atoms with Crippen LogP contribution in [0.3, 0.4) is 0 Å². The molecule has 2 aromatic heterocycles. The summed E-state index contributed by atoms with van der Waals surface area (Å²) in [6, 6.07) is 17.0. The van der Waals surface area contributed by atoms with Gasteiger partial charge in [0.15, 0.2) is 5.16 Å². The summed E-state index contributed by atoms with van der Waals surface area (Å²) >= 11 is 1.23. The quantitative estimate of drug-likeness (QED) is 0.313. The molecule has 0 fully saturated rings.